The maximum atomic E-state index is 11.7. The molecular formula is C17H23N3O3. The molecule has 0 atom stereocenters. The molecule has 2 rings (SSSR count). The Morgan fingerprint density at radius 2 is 2.04 bits per heavy atom. The second kappa shape index (κ2) is 8.33. The standard InChI is InChI=1S/C17H23N3O3/c1-12-16(13(2)23-20-12)11-22-15-6-4-14(5-7-15)10-17(21)19-9-3-8-18/h4-7H,3,8-11,18H2,1-2H3,(H,19,21). The van der Waals surface area contributed by atoms with Crippen molar-refractivity contribution < 1.29 is 14.1 Å². The van der Waals surface area contributed by atoms with Gasteiger partial charge in [-0.15, -0.1) is 0 Å². The molecule has 0 bridgehead atoms. The van der Waals surface area contributed by atoms with Gasteiger partial charge in [-0.05, 0) is 44.5 Å². The van der Waals surface area contributed by atoms with Gasteiger partial charge in [-0.3, -0.25) is 4.79 Å². The lowest BCUT2D eigenvalue weighted by Crippen LogP contribution is -2.27. The Morgan fingerprint density at radius 1 is 1.30 bits per heavy atom. The molecule has 1 amide bonds. The monoisotopic (exact) mass is 317 g/mol. The van der Waals surface area contributed by atoms with Crippen molar-refractivity contribution in [3.8, 4) is 5.75 Å². The van der Waals surface area contributed by atoms with Gasteiger partial charge in [-0.2, -0.15) is 0 Å². The summed E-state index contributed by atoms with van der Waals surface area (Å²) in [5.74, 6) is 1.52. The minimum absolute atomic E-state index is 0.00263. The number of carbonyl (C=O) groups excluding carboxylic acids is 1. The van der Waals surface area contributed by atoms with E-state index in [4.69, 9.17) is 15.0 Å². The van der Waals surface area contributed by atoms with Gasteiger partial charge in [0, 0.05) is 6.54 Å². The van der Waals surface area contributed by atoms with Crippen LogP contribution in [-0.4, -0.2) is 24.2 Å². The summed E-state index contributed by atoms with van der Waals surface area (Å²) in [6.07, 6.45) is 1.15. The predicted molar refractivity (Wildman–Crippen MR) is 87.1 cm³/mol. The normalized spacial score (nSPS) is 10.6. The third-order valence-electron chi connectivity index (χ3n) is 3.56. The molecule has 23 heavy (non-hydrogen) atoms. The van der Waals surface area contributed by atoms with Gasteiger partial charge < -0.3 is 20.3 Å². The van der Waals surface area contributed by atoms with Crippen molar-refractivity contribution >= 4 is 5.91 Å². The number of carbonyl (C=O) groups is 1. The molecule has 1 aromatic heterocycles. The van der Waals surface area contributed by atoms with E-state index < -0.39 is 0 Å². The molecule has 0 aliphatic heterocycles. The van der Waals surface area contributed by atoms with Gasteiger partial charge in [-0.1, -0.05) is 17.3 Å². The smallest absolute Gasteiger partial charge is 0.224 e. The number of aromatic nitrogens is 1. The number of rotatable bonds is 8. The number of hydrogen-bond donors (Lipinski definition) is 2. The van der Waals surface area contributed by atoms with Crippen LogP contribution in [0.4, 0.5) is 0 Å². The summed E-state index contributed by atoms with van der Waals surface area (Å²) in [7, 11) is 0. The van der Waals surface area contributed by atoms with E-state index >= 15 is 0 Å². The van der Waals surface area contributed by atoms with E-state index in [9.17, 15) is 4.79 Å². The van der Waals surface area contributed by atoms with Crippen LogP contribution in [0.2, 0.25) is 0 Å². The third kappa shape index (κ3) is 5.10. The number of hydrogen-bond acceptors (Lipinski definition) is 5. The molecule has 0 saturated heterocycles. The Hall–Kier alpha value is -2.34. The fourth-order valence-corrected chi connectivity index (χ4v) is 2.14. The van der Waals surface area contributed by atoms with Gasteiger partial charge in [0.05, 0.1) is 17.7 Å². The highest BCUT2D eigenvalue weighted by Gasteiger charge is 2.09. The highest BCUT2D eigenvalue weighted by atomic mass is 16.5. The molecule has 3 N–H and O–H groups in total. The van der Waals surface area contributed by atoms with Crippen molar-refractivity contribution in [3.63, 3.8) is 0 Å². The van der Waals surface area contributed by atoms with Crippen LogP contribution < -0.4 is 15.8 Å². The fraction of sp³-hybridized carbons (Fsp3) is 0.412. The summed E-state index contributed by atoms with van der Waals surface area (Å²) in [5.41, 5.74) is 8.14. The number of ether oxygens (including phenoxy) is 1. The van der Waals surface area contributed by atoms with Gasteiger partial charge in [0.15, 0.2) is 0 Å². The van der Waals surface area contributed by atoms with Crippen LogP contribution in [0.3, 0.4) is 0 Å². The first-order chi connectivity index (χ1) is 11.1. The van der Waals surface area contributed by atoms with Gasteiger partial charge in [-0.25, -0.2) is 0 Å². The Kier molecular flexibility index (Phi) is 6.17. The Morgan fingerprint density at radius 3 is 2.65 bits per heavy atom. The average molecular weight is 317 g/mol. The van der Waals surface area contributed by atoms with E-state index in [1.54, 1.807) is 0 Å². The van der Waals surface area contributed by atoms with Crippen molar-refractivity contribution in [1.29, 1.82) is 0 Å². The lowest BCUT2D eigenvalue weighted by Gasteiger charge is -2.08. The average Bonchev–Trinajstić information content (AvgIpc) is 2.86. The molecule has 0 saturated carbocycles. The van der Waals surface area contributed by atoms with E-state index in [0.717, 1.165) is 34.8 Å². The first-order valence-corrected chi connectivity index (χ1v) is 7.70. The summed E-state index contributed by atoms with van der Waals surface area (Å²) in [4.78, 5) is 11.7. The van der Waals surface area contributed by atoms with E-state index in [0.29, 0.717) is 26.1 Å². The van der Waals surface area contributed by atoms with Crippen molar-refractivity contribution in [2.24, 2.45) is 5.73 Å². The zero-order chi connectivity index (χ0) is 16.7. The number of amides is 1. The van der Waals surface area contributed by atoms with Crippen LogP contribution in [-0.2, 0) is 17.8 Å². The van der Waals surface area contributed by atoms with Crippen molar-refractivity contribution in [2.45, 2.75) is 33.3 Å². The van der Waals surface area contributed by atoms with Gasteiger partial charge in [0.2, 0.25) is 5.91 Å². The zero-order valence-corrected chi connectivity index (χ0v) is 13.6. The number of nitrogens with one attached hydrogen (secondary N) is 1. The molecule has 0 fully saturated rings. The third-order valence-corrected chi connectivity index (χ3v) is 3.56. The predicted octanol–water partition coefficient (Wildman–Crippen LogP) is 1.88. The molecule has 6 heteroatoms. The van der Waals surface area contributed by atoms with E-state index in [1.807, 2.05) is 38.1 Å². The molecule has 0 aliphatic rings. The molecule has 1 heterocycles. The summed E-state index contributed by atoms with van der Waals surface area (Å²) in [5, 5.41) is 6.73. The molecule has 124 valence electrons. The molecule has 1 aromatic carbocycles. The van der Waals surface area contributed by atoms with Crippen molar-refractivity contribution in [3.05, 3.63) is 46.8 Å². The van der Waals surface area contributed by atoms with Crippen molar-refractivity contribution in [1.82, 2.24) is 10.5 Å². The maximum absolute atomic E-state index is 11.7. The van der Waals surface area contributed by atoms with E-state index in [-0.39, 0.29) is 5.91 Å². The lowest BCUT2D eigenvalue weighted by molar-refractivity contribution is -0.120. The van der Waals surface area contributed by atoms with Gasteiger partial charge in [0.25, 0.3) is 0 Å². The van der Waals surface area contributed by atoms with E-state index in [1.165, 1.54) is 0 Å². The van der Waals surface area contributed by atoms with Crippen LogP contribution in [0.1, 0.15) is 29.0 Å². The van der Waals surface area contributed by atoms with Gasteiger partial charge in [0.1, 0.15) is 18.1 Å². The largest absolute Gasteiger partial charge is 0.489 e. The van der Waals surface area contributed by atoms with Crippen LogP contribution in [0, 0.1) is 13.8 Å². The second-order valence-electron chi connectivity index (χ2n) is 5.40. The molecular weight excluding hydrogens is 294 g/mol. The van der Waals surface area contributed by atoms with E-state index in [2.05, 4.69) is 10.5 Å². The molecule has 0 unspecified atom stereocenters. The number of benzene rings is 1. The number of nitrogens with two attached hydrogens (primary N) is 1. The highest BCUT2D eigenvalue weighted by molar-refractivity contribution is 5.78. The molecule has 0 radical (unpaired) electrons. The van der Waals surface area contributed by atoms with Crippen LogP contribution >= 0.6 is 0 Å². The number of aryl methyl sites for hydroxylation is 2. The summed E-state index contributed by atoms with van der Waals surface area (Å²) in [6.45, 7) is 5.37. The SMILES string of the molecule is Cc1noc(C)c1COc1ccc(CC(=O)NCCCN)cc1. The Labute approximate surface area is 136 Å². The quantitative estimate of drug-likeness (QED) is 0.725. The minimum atomic E-state index is 0.00263. The molecule has 2 aromatic rings. The van der Waals surface area contributed by atoms with Crippen LogP contribution in [0.15, 0.2) is 28.8 Å². The van der Waals surface area contributed by atoms with Crippen LogP contribution in [0.5, 0.6) is 5.75 Å². The first kappa shape index (κ1) is 17.0. The topological polar surface area (TPSA) is 90.4 Å². The fourth-order valence-electron chi connectivity index (χ4n) is 2.14. The summed E-state index contributed by atoms with van der Waals surface area (Å²) >= 11 is 0. The highest BCUT2D eigenvalue weighted by Crippen LogP contribution is 2.18. The molecule has 6 nitrogen and oxygen atoms in total. The summed E-state index contributed by atoms with van der Waals surface area (Å²) in [6, 6.07) is 7.51. The van der Waals surface area contributed by atoms with Crippen molar-refractivity contribution in [2.75, 3.05) is 13.1 Å². The Balaban J connectivity index is 1.83. The number of nitrogens with zero attached hydrogens (tertiary/aromatic N) is 1. The lowest BCUT2D eigenvalue weighted by atomic mass is 10.1. The molecule has 0 spiro atoms. The molecule has 0 aliphatic carbocycles. The summed E-state index contributed by atoms with van der Waals surface area (Å²) < 4.78 is 10.8. The second-order valence-corrected chi connectivity index (χ2v) is 5.40. The Bertz CT molecular complexity index is 616. The van der Waals surface area contributed by atoms with Crippen LogP contribution in [0.25, 0.3) is 0 Å². The first-order valence-electron chi connectivity index (χ1n) is 7.70. The van der Waals surface area contributed by atoms with Gasteiger partial charge >= 0.3 is 0 Å². The minimum Gasteiger partial charge on any atom is -0.489 e. The maximum Gasteiger partial charge on any atom is 0.224 e. The zero-order valence-electron chi connectivity index (χ0n) is 13.6.